The number of hydrogen-bond donors (Lipinski definition) is 1. The van der Waals surface area contributed by atoms with Gasteiger partial charge in [0, 0.05) is 5.92 Å². The lowest BCUT2D eigenvalue weighted by Gasteiger charge is -2.18. The molecule has 2 rings (SSSR count). The first-order chi connectivity index (χ1) is 8.86. The van der Waals surface area contributed by atoms with Gasteiger partial charge in [0.1, 0.15) is 6.54 Å². The predicted octanol–water partition coefficient (Wildman–Crippen LogP) is 0.800. The lowest BCUT2D eigenvalue weighted by molar-refractivity contribution is -0.459. The van der Waals surface area contributed by atoms with E-state index in [0.717, 1.165) is 6.54 Å². The van der Waals surface area contributed by atoms with Gasteiger partial charge in [-0.1, -0.05) is 36.9 Å². The van der Waals surface area contributed by atoms with Crippen molar-refractivity contribution >= 4 is 27.3 Å². The highest BCUT2D eigenvalue weighted by molar-refractivity contribution is 8.13. The first kappa shape index (κ1) is 16.1. The van der Waals surface area contributed by atoms with Crippen molar-refractivity contribution in [2.75, 3.05) is 12.8 Å². The van der Waals surface area contributed by atoms with Crippen molar-refractivity contribution in [2.24, 2.45) is 0 Å². The molecule has 4 nitrogen and oxygen atoms in total. The Labute approximate surface area is 117 Å². The Hall–Kier alpha value is -0.920. The summed E-state index contributed by atoms with van der Waals surface area (Å²) in [5.41, 5.74) is 2.91. The van der Waals surface area contributed by atoms with Crippen molar-refractivity contribution < 1.29 is 21.8 Å². The van der Waals surface area contributed by atoms with E-state index in [2.05, 4.69) is 42.4 Å². The molecule has 0 fully saturated rings. The summed E-state index contributed by atoms with van der Waals surface area (Å²) in [4.78, 5) is 3.51. The average molecular weight is 305 g/mol. The van der Waals surface area contributed by atoms with Gasteiger partial charge < -0.3 is 4.55 Å². The van der Waals surface area contributed by atoms with Gasteiger partial charge in [-0.05, 0) is 24.3 Å². The van der Waals surface area contributed by atoms with E-state index in [1.165, 1.54) is 22.6 Å². The number of fused-ring (bicyclic) bond motifs is 1. The maximum absolute atomic E-state index is 10.1. The Morgan fingerprint density at radius 3 is 2.58 bits per heavy atom. The van der Waals surface area contributed by atoms with Crippen LogP contribution < -0.4 is 4.99 Å². The van der Waals surface area contributed by atoms with Crippen LogP contribution in [0.2, 0.25) is 0 Å². The molecule has 1 aromatic carbocycles. The standard InChI is InChI=1S/C12H15NS.FHO3S/c1-3-9-8-13-12(14-2)11-7-5-4-6-10(9)11;1-5(2,3)4/h4-7,9H,3,8H2,1-2H3;(H,2,3,4). The van der Waals surface area contributed by atoms with Gasteiger partial charge >= 0.3 is 0 Å². The van der Waals surface area contributed by atoms with Crippen molar-refractivity contribution in [1.82, 2.24) is 0 Å². The minimum atomic E-state index is -5.42. The lowest BCUT2D eigenvalue weighted by Crippen LogP contribution is -2.75. The molecule has 1 N–H and O–H groups in total. The van der Waals surface area contributed by atoms with Crippen molar-refractivity contribution in [1.29, 1.82) is 0 Å². The third kappa shape index (κ3) is 5.30. The van der Waals surface area contributed by atoms with Gasteiger partial charge in [0.2, 0.25) is 5.04 Å². The van der Waals surface area contributed by atoms with Crippen LogP contribution in [0.25, 0.3) is 0 Å². The van der Waals surface area contributed by atoms with Crippen molar-refractivity contribution in [3.05, 3.63) is 35.4 Å². The summed E-state index contributed by atoms with van der Waals surface area (Å²) in [6.45, 7) is 3.34. The van der Waals surface area contributed by atoms with Gasteiger partial charge in [-0.15, -0.1) is 3.89 Å². The topological polar surface area (TPSA) is 71.2 Å². The molecular weight excluding hydrogens is 289 g/mol. The molecule has 0 spiro atoms. The Balaban J connectivity index is 0.000000312. The third-order valence-corrected chi connectivity index (χ3v) is 3.62. The second kappa shape index (κ2) is 7.02. The summed E-state index contributed by atoms with van der Waals surface area (Å²) in [5, 5.41) is 1.32. The van der Waals surface area contributed by atoms with E-state index in [0.29, 0.717) is 5.92 Å². The second-order valence-electron chi connectivity index (χ2n) is 4.00. The first-order valence-electron chi connectivity index (χ1n) is 5.76. The molecule has 0 radical (unpaired) electrons. The molecule has 0 aliphatic carbocycles. The minimum absolute atomic E-state index is 0.682. The van der Waals surface area contributed by atoms with Gasteiger partial charge in [0.15, 0.2) is 0 Å². The Bertz CT molecular complexity index is 550. The summed E-state index contributed by atoms with van der Waals surface area (Å²) in [6, 6.07) is 8.75. The van der Waals surface area contributed by atoms with E-state index >= 15 is 0 Å². The number of rotatable bonds is 1. The number of halogens is 1. The van der Waals surface area contributed by atoms with Crippen LogP contribution in [0.3, 0.4) is 0 Å². The largest absolute Gasteiger partial charge is 0.722 e. The monoisotopic (exact) mass is 305 g/mol. The molecule has 19 heavy (non-hydrogen) atoms. The first-order valence-corrected chi connectivity index (χ1v) is 8.29. The Kier molecular flexibility index (Phi) is 5.96. The van der Waals surface area contributed by atoms with Crippen LogP contribution in [0.4, 0.5) is 3.89 Å². The van der Waals surface area contributed by atoms with Crippen LogP contribution >= 0.6 is 11.8 Å². The molecular formula is C12H16FNO3S2. The van der Waals surface area contributed by atoms with Gasteiger partial charge in [0.25, 0.3) is 10.5 Å². The zero-order valence-corrected chi connectivity index (χ0v) is 12.4. The van der Waals surface area contributed by atoms with E-state index in [1.807, 2.05) is 0 Å². The van der Waals surface area contributed by atoms with Crippen LogP contribution in [-0.4, -0.2) is 30.8 Å². The maximum Gasteiger partial charge on any atom is 0.255 e. The number of benzene rings is 1. The molecule has 0 saturated carbocycles. The molecule has 1 aliphatic rings. The van der Waals surface area contributed by atoms with Gasteiger partial charge in [-0.25, -0.2) is 13.4 Å². The molecule has 106 valence electrons. The molecule has 0 aromatic heterocycles. The Morgan fingerprint density at radius 1 is 1.47 bits per heavy atom. The second-order valence-corrected chi connectivity index (χ2v) is 5.60. The molecule has 7 heteroatoms. The highest BCUT2D eigenvalue weighted by Gasteiger charge is 2.25. The highest BCUT2D eigenvalue weighted by Crippen LogP contribution is 2.25. The average Bonchev–Trinajstić information content (AvgIpc) is 2.35. The predicted molar refractivity (Wildman–Crippen MR) is 73.7 cm³/mol. The summed E-state index contributed by atoms with van der Waals surface area (Å²) < 4.78 is 35.3. The SMILES string of the molecule is CCC1C[NH+]=C(SC)c2ccccc21.O=S(=O)([O-])F. The van der Waals surface area contributed by atoms with Crippen LogP contribution in [0.15, 0.2) is 24.3 Å². The smallest absolute Gasteiger partial charge is 0.255 e. The van der Waals surface area contributed by atoms with Crippen LogP contribution in [0.1, 0.15) is 30.4 Å². The van der Waals surface area contributed by atoms with Gasteiger partial charge in [-0.3, -0.25) is 0 Å². The molecule has 1 heterocycles. The van der Waals surface area contributed by atoms with E-state index < -0.39 is 10.5 Å². The van der Waals surface area contributed by atoms with Gasteiger partial charge in [0.05, 0.1) is 5.56 Å². The highest BCUT2D eigenvalue weighted by atomic mass is 32.3. The van der Waals surface area contributed by atoms with E-state index in [4.69, 9.17) is 13.0 Å². The molecule has 1 unspecified atom stereocenters. The van der Waals surface area contributed by atoms with Crippen molar-refractivity contribution in [2.45, 2.75) is 19.3 Å². The molecule has 0 saturated heterocycles. The number of nitrogens with one attached hydrogen (secondary N) is 1. The normalized spacial score (nSPS) is 17.9. The quantitative estimate of drug-likeness (QED) is 0.615. The molecule has 0 amide bonds. The number of hydrogen-bond acceptors (Lipinski definition) is 4. The van der Waals surface area contributed by atoms with Crippen LogP contribution in [-0.2, 0) is 10.5 Å². The van der Waals surface area contributed by atoms with E-state index in [-0.39, 0.29) is 0 Å². The molecule has 1 aliphatic heterocycles. The van der Waals surface area contributed by atoms with Crippen molar-refractivity contribution in [3.8, 4) is 0 Å². The zero-order valence-electron chi connectivity index (χ0n) is 10.7. The molecule has 1 atom stereocenters. The summed E-state index contributed by atoms with van der Waals surface area (Å²) in [6.07, 6.45) is 3.34. The summed E-state index contributed by atoms with van der Waals surface area (Å²) >= 11 is 1.81. The third-order valence-electron chi connectivity index (χ3n) is 2.85. The summed E-state index contributed by atoms with van der Waals surface area (Å²) in [7, 11) is -5.42. The van der Waals surface area contributed by atoms with E-state index in [1.54, 1.807) is 11.8 Å². The zero-order chi connectivity index (χ0) is 14.5. The van der Waals surface area contributed by atoms with Crippen LogP contribution in [0.5, 0.6) is 0 Å². The van der Waals surface area contributed by atoms with E-state index in [9.17, 15) is 3.89 Å². The minimum Gasteiger partial charge on any atom is -0.722 e. The Morgan fingerprint density at radius 2 is 2.05 bits per heavy atom. The lowest BCUT2D eigenvalue weighted by atomic mass is 9.90. The molecule has 0 bridgehead atoms. The van der Waals surface area contributed by atoms with Crippen LogP contribution in [0, 0.1) is 0 Å². The fraction of sp³-hybridized carbons (Fsp3) is 0.417. The number of thioether (sulfide) groups is 1. The van der Waals surface area contributed by atoms with Crippen molar-refractivity contribution in [3.63, 3.8) is 0 Å². The maximum atomic E-state index is 10.1. The fourth-order valence-corrected chi connectivity index (χ4v) is 2.66. The van der Waals surface area contributed by atoms with Gasteiger partial charge in [-0.2, -0.15) is 0 Å². The fourth-order valence-electron chi connectivity index (χ4n) is 2.03. The summed E-state index contributed by atoms with van der Waals surface area (Å²) in [5.74, 6) is 0.682. The molecule has 1 aromatic rings.